The third-order valence-corrected chi connectivity index (χ3v) is 14.7. The molecule has 348 valence electrons. The van der Waals surface area contributed by atoms with E-state index in [0.29, 0.717) is 88.1 Å². The number of carbonyl (C=O) groups is 4. The number of fused-ring (bicyclic) bond motifs is 1. The van der Waals surface area contributed by atoms with Crippen LogP contribution < -0.4 is 35.1 Å². The molecule has 2 saturated heterocycles. The Hall–Kier alpha value is -5.11. The number of benzene rings is 1. The second-order valence-electron chi connectivity index (χ2n) is 17.3. The van der Waals surface area contributed by atoms with Crippen molar-refractivity contribution in [1.29, 1.82) is 0 Å². The molecular formula is C42H56FN8O11S2+. The van der Waals surface area contributed by atoms with Crippen LogP contribution in [0.5, 0.6) is 11.6 Å². The van der Waals surface area contributed by atoms with Crippen LogP contribution in [0.2, 0.25) is 0 Å². The fraction of sp³-hybridized carbons (Fsp3) is 0.619. The lowest BCUT2D eigenvalue weighted by Gasteiger charge is -2.27. The van der Waals surface area contributed by atoms with Crippen LogP contribution in [0.4, 0.5) is 19.7 Å². The summed E-state index contributed by atoms with van der Waals surface area (Å²) in [7, 11) is -7.80. The molecule has 0 spiro atoms. The van der Waals surface area contributed by atoms with Gasteiger partial charge in [-0.05, 0) is 98.4 Å². The van der Waals surface area contributed by atoms with Gasteiger partial charge in [-0.25, -0.2) is 35.9 Å². The highest BCUT2D eigenvalue weighted by Crippen LogP contribution is 2.43. The molecule has 64 heavy (non-hydrogen) atoms. The molecule has 0 radical (unpaired) electrons. The molecule has 5 N–H and O–H groups in total. The second kappa shape index (κ2) is 20.8. The third-order valence-electron chi connectivity index (χ3n) is 11.8. The number of urea groups is 2. The first kappa shape index (κ1) is 46.9. The monoisotopic (exact) mass is 931 g/mol. The average molecular weight is 932 g/mol. The zero-order chi connectivity index (χ0) is 45.4. The SMILES string of the molecule is O=C1CN(CCCCCS(=O)(=O)N[C@H](CC#[N+]c2cc3c(c(OCC4CC4)c2F)CCC[C@H]3NS(=O)(=O)CCCCCN2CC(=O)NC2=O)c2cc(OCC3CC3)[nH]c(=O)c2)C(=O)N1. The van der Waals surface area contributed by atoms with Crippen molar-refractivity contribution >= 4 is 49.6 Å². The van der Waals surface area contributed by atoms with Crippen molar-refractivity contribution in [3.05, 3.63) is 55.9 Å². The first-order chi connectivity index (χ1) is 30.6. The van der Waals surface area contributed by atoms with Crippen LogP contribution in [0.3, 0.4) is 0 Å². The first-order valence-electron chi connectivity index (χ1n) is 22.1. The number of nitrogens with zero attached hydrogens (tertiary/aromatic N) is 3. The molecule has 4 fully saturated rings. The summed E-state index contributed by atoms with van der Waals surface area (Å²) in [6.07, 6.45) is 7.67. The molecule has 3 heterocycles. The number of rotatable bonds is 24. The van der Waals surface area contributed by atoms with Gasteiger partial charge in [-0.1, -0.05) is 12.8 Å². The molecular weight excluding hydrogens is 876 g/mol. The fourth-order valence-electron chi connectivity index (χ4n) is 7.91. The van der Waals surface area contributed by atoms with Crippen LogP contribution in [0.25, 0.3) is 4.85 Å². The minimum Gasteiger partial charge on any atom is -0.490 e. The number of sulfonamides is 2. The highest BCUT2D eigenvalue weighted by atomic mass is 32.2. The van der Waals surface area contributed by atoms with E-state index in [0.717, 1.165) is 25.7 Å². The molecule has 5 aliphatic rings. The zero-order valence-electron chi connectivity index (χ0n) is 35.6. The van der Waals surface area contributed by atoms with Crippen molar-refractivity contribution in [1.82, 2.24) is 34.9 Å². The summed E-state index contributed by atoms with van der Waals surface area (Å²) < 4.78 is 87.6. The van der Waals surface area contributed by atoms with Crippen molar-refractivity contribution in [2.45, 2.75) is 102 Å². The molecule has 7 rings (SSSR count). The maximum Gasteiger partial charge on any atom is 0.379 e. The predicted molar refractivity (Wildman–Crippen MR) is 232 cm³/mol. The van der Waals surface area contributed by atoms with Gasteiger partial charge in [0.15, 0.2) is 11.6 Å². The van der Waals surface area contributed by atoms with E-state index < -0.39 is 55.6 Å². The van der Waals surface area contributed by atoms with E-state index in [-0.39, 0.29) is 84.7 Å². The van der Waals surface area contributed by atoms with E-state index in [2.05, 4.69) is 36.0 Å². The number of hydrogen-bond acceptors (Lipinski definition) is 11. The number of imide groups is 2. The van der Waals surface area contributed by atoms with Gasteiger partial charge < -0.3 is 19.3 Å². The number of nitrogens with one attached hydrogen (secondary N) is 5. The molecule has 0 unspecified atom stereocenters. The molecule has 2 saturated carbocycles. The highest BCUT2D eigenvalue weighted by Gasteiger charge is 2.35. The number of aromatic amines is 1. The molecule has 0 bridgehead atoms. The number of halogens is 1. The minimum absolute atomic E-state index is 0.000428. The van der Waals surface area contributed by atoms with Gasteiger partial charge in [0.1, 0.15) is 19.5 Å². The number of pyridine rings is 1. The van der Waals surface area contributed by atoms with Gasteiger partial charge in [0.2, 0.25) is 31.9 Å². The summed E-state index contributed by atoms with van der Waals surface area (Å²) in [5.41, 5.74) is 0.660. The zero-order valence-corrected chi connectivity index (χ0v) is 37.3. The van der Waals surface area contributed by atoms with Crippen LogP contribution in [0.15, 0.2) is 23.0 Å². The molecule has 3 aliphatic carbocycles. The maximum absolute atomic E-state index is 16.5. The Kier molecular flexibility index (Phi) is 15.2. The van der Waals surface area contributed by atoms with Gasteiger partial charge in [0, 0.05) is 42.9 Å². The molecule has 19 nitrogen and oxygen atoms in total. The number of carbonyl (C=O) groups excluding carboxylic acids is 4. The van der Waals surface area contributed by atoms with Crippen LogP contribution in [-0.2, 0) is 36.1 Å². The fourth-order valence-corrected chi connectivity index (χ4v) is 10.6. The van der Waals surface area contributed by atoms with Gasteiger partial charge in [0.05, 0.1) is 30.8 Å². The molecule has 22 heteroatoms. The van der Waals surface area contributed by atoms with Crippen molar-refractivity contribution in [2.24, 2.45) is 11.8 Å². The first-order valence-corrected chi connectivity index (χ1v) is 25.4. The summed E-state index contributed by atoms with van der Waals surface area (Å²) in [4.78, 5) is 69.2. The Morgan fingerprint density at radius 3 is 1.98 bits per heavy atom. The van der Waals surface area contributed by atoms with Crippen LogP contribution >= 0.6 is 0 Å². The second-order valence-corrected chi connectivity index (χ2v) is 21.0. The Morgan fingerprint density at radius 1 is 0.781 bits per heavy atom. The summed E-state index contributed by atoms with van der Waals surface area (Å²) in [6.45, 7) is 1.24. The van der Waals surface area contributed by atoms with E-state index in [9.17, 15) is 40.8 Å². The van der Waals surface area contributed by atoms with Crippen LogP contribution in [0.1, 0.15) is 112 Å². The lowest BCUT2D eigenvalue weighted by molar-refractivity contribution is -0.119. The van der Waals surface area contributed by atoms with Gasteiger partial charge in [-0.3, -0.25) is 30.0 Å². The Labute approximate surface area is 371 Å². The van der Waals surface area contributed by atoms with E-state index in [4.69, 9.17) is 9.47 Å². The average Bonchev–Trinajstić information content (AvgIpc) is 4.17. The maximum atomic E-state index is 16.5. The van der Waals surface area contributed by atoms with Crippen molar-refractivity contribution < 1.29 is 49.9 Å². The lowest BCUT2D eigenvalue weighted by atomic mass is 9.87. The number of hydrogen-bond donors (Lipinski definition) is 5. The van der Waals surface area contributed by atoms with Gasteiger partial charge in [0.25, 0.3) is 17.4 Å². The Bertz CT molecular complexity index is 2450. The van der Waals surface area contributed by atoms with E-state index in [1.165, 1.54) is 28.0 Å². The Balaban J connectivity index is 1.06. The van der Waals surface area contributed by atoms with Crippen LogP contribution in [-0.4, -0.2) is 106 Å². The normalized spacial score (nSPS) is 19.2. The molecule has 1 aromatic carbocycles. The van der Waals surface area contributed by atoms with Crippen molar-refractivity contribution in [3.63, 3.8) is 0 Å². The number of H-pyrrole nitrogens is 1. The summed E-state index contributed by atoms with van der Waals surface area (Å²) >= 11 is 0. The quantitative estimate of drug-likeness (QED) is 0.0748. The number of amides is 6. The van der Waals surface area contributed by atoms with E-state index in [1.54, 1.807) is 0 Å². The number of aromatic nitrogens is 1. The summed E-state index contributed by atoms with van der Waals surface area (Å²) in [5, 5.41) is 4.42. The largest absolute Gasteiger partial charge is 0.490 e. The third kappa shape index (κ3) is 13.5. The van der Waals surface area contributed by atoms with Gasteiger partial charge >= 0.3 is 17.7 Å². The van der Waals surface area contributed by atoms with Gasteiger partial charge in [-0.15, -0.1) is 0 Å². The molecule has 2 aliphatic heterocycles. The predicted octanol–water partition coefficient (Wildman–Crippen LogP) is 3.85. The van der Waals surface area contributed by atoms with E-state index >= 15 is 4.39 Å². The molecule has 1 aromatic heterocycles. The molecule has 6 amide bonds. The van der Waals surface area contributed by atoms with E-state index in [1.807, 2.05) is 0 Å². The molecule has 2 atom stereocenters. The summed E-state index contributed by atoms with van der Waals surface area (Å²) in [5.74, 6) is -1.14. The van der Waals surface area contributed by atoms with Crippen molar-refractivity contribution in [3.8, 4) is 17.7 Å². The smallest absolute Gasteiger partial charge is 0.379 e. The topological polar surface area (TPSA) is 247 Å². The Morgan fingerprint density at radius 2 is 1.39 bits per heavy atom. The molecule has 2 aromatic rings. The number of unbranched alkanes of at least 4 members (excludes halogenated alkanes) is 4. The standard InChI is InChI=1S/C42H55FN8O11S2/c43-39-34(22-31-30(40(39)62-26-28-12-13-28)8-7-9-33(31)49-64(59,60)19-6-2-4-17-51-24-37(54)47-42(51)56)44-15-14-32(29-20-35(52)45-38(21-29)61-25-27-10-11-27)48-63(57,58)18-5-1-3-16-50-23-36(53)46-41(50)55/h20-22,27-28,32-33,48-49H,1-14,16-19,23-26H2,(H2-,45,46,47,52,53,54,55,56)/p+1/t32-,33-/m1/s1. The van der Waals surface area contributed by atoms with Crippen molar-refractivity contribution in [2.75, 3.05) is 50.9 Å². The van der Waals surface area contributed by atoms with Gasteiger partial charge in [-0.2, -0.15) is 4.39 Å². The highest BCUT2D eigenvalue weighted by molar-refractivity contribution is 7.89. The lowest BCUT2D eigenvalue weighted by Crippen LogP contribution is -2.33. The van der Waals surface area contributed by atoms with Crippen LogP contribution in [0, 0.1) is 23.7 Å². The minimum atomic E-state index is -3.99. The number of ether oxygens (including phenoxy) is 2. The summed E-state index contributed by atoms with van der Waals surface area (Å²) in [6, 6.07) is 4.36.